The number of rotatable bonds is 3. The minimum atomic E-state index is -0.192. The molecule has 2 amide bonds. The molecular formula is C10H12N4O2S. The quantitative estimate of drug-likeness (QED) is 0.778. The summed E-state index contributed by atoms with van der Waals surface area (Å²) in [5.74, 6) is 0.178. The number of hydrogen-bond acceptors (Lipinski definition) is 6. The summed E-state index contributed by atoms with van der Waals surface area (Å²) >= 11 is 1.20. The smallest absolute Gasteiger partial charge is 0.239 e. The number of likely N-dealkylation sites (tertiary alicyclic amines) is 1. The molecule has 1 aromatic heterocycles. The summed E-state index contributed by atoms with van der Waals surface area (Å²) < 4.78 is 0. The van der Waals surface area contributed by atoms with Crippen molar-refractivity contribution >= 4 is 29.4 Å². The fourth-order valence-electron chi connectivity index (χ4n) is 1.57. The van der Waals surface area contributed by atoms with Crippen LogP contribution in [0.5, 0.6) is 0 Å². The van der Waals surface area contributed by atoms with Gasteiger partial charge in [0.2, 0.25) is 11.8 Å². The van der Waals surface area contributed by atoms with Crippen LogP contribution < -0.4 is 5.73 Å². The number of anilines is 1. The van der Waals surface area contributed by atoms with Crippen molar-refractivity contribution in [3.8, 4) is 0 Å². The summed E-state index contributed by atoms with van der Waals surface area (Å²) in [7, 11) is 0. The number of amides is 2. The van der Waals surface area contributed by atoms with Gasteiger partial charge in [-0.15, -0.1) is 0 Å². The van der Waals surface area contributed by atoms with Crippen molar-refractivity contribution in [1.82, 2.24) is 14.9 Å². The van der Waals surface area contributed by atoms with Gasteiger partial charge in [0.1, 0.15) is 5.03 Å². The van der Waals surface area contributed by atoms with E-state index in [4.69, 9.17) is 5.73 Å². The second kappa shape index (κ2) is 5.13. The van der Waals surface area contributed by atoms with Gasteiger partial charge in [0, 0.05) is 25.4 Å². The van der Waals surface area contributed by atoms with Crippen molar-refractivity contribution < 1.29 is 9.59 Å². The van der Waals surface area contributed by atoms with E-state index in [2.05, 4.69) is 9.97 Å². The van der Waals surface area contributed by atoms with Crippen LogP contribution in [0.3, 0.4) is 0 Å². The first kappa shape index (κ1) is 11.8. The molecule has 7 heteroatoms. The Morgan fingerprint density at radius 3 is 2.88 bits per heavy atom. The van der Waals surface area contributed by atoms with Crippen molar-refractivity contribution in [2.75, 3.05) is 18.0 Å². The van der Waals surface area contributed by atoms with E-state index in [0.717, 1.165) is 6.42 Å². The van der Waals surface area contributed by atoms with Gasteiger partial charge in [0.15, 0.2) is 5.82 Å². The van der Waals surface area contributed by atoms with E-state index in [1.807, 2.05) is 0 Å². The second-order valence-electron chi connectivity index (χ2n) is 3.58. The molecule has 0 bridgehead atoms. The molecule has 1 aliphatic rings. The molecule has 1 aromatic rings. The number of carbonyl (C=O) groups excluding carboxylic acids is 2. The zero-order chi connectivity index (χ0) is 12.3. The number of nitrogens with two attached hydrogens (primary N) is 1. The summed E-state index contributed by atoms with van der Waals surface area (Å²) in [4.78, 5) is 32.3. The van der Waals surface area contributed by atoms with Crippen LogP contribution in [0.15, 0.2) is 17.4 Å². The third kappa shape index (κ3) is 2.73. The molecule has 0 atom stereocenters. The van der Waals surface area contributed by atoms with Crippen LogP contribution in [-0.2, 0) is 9.59 Å². The number of nitrogens with zero attached hydrogens (tertiary/aromatic N) is 3. The highest BCUT2D eigenvalue weighted by atomic mass is 32.2. The minimum absolute atomic E-state index is 0.0947. The molecule has 1 fully saturated rings. The van der Waals surface area contributed by atoms with Gasteiger partial charge in [0.25, 0.3) is 0 Å². The maximum Gasteiger partial charge on any atom is 0.239 e. The molecule has 0 aromatic carbocycles. The lowest BCUT2D eigenvalue weighted by Gasteiger charge is -2.12. The summed E-state index contributed by atoms with van der Waals surface area (Å²) in [5.41, 5.74) is 5.60. The fraction of sp³-hybridized carbons (Fsp3) is 0.400. The summed E-state index contributed by atoms with van der Waals surface area (Å²) in [6.45, 7) is 0.522. The SMILES string of the molecule is Nc1nccnc1SCC(=O)N1CCCC1=O. The lowest BCUT2D eigenvalue weighted by atomic mass is 10.4. The number of imide groups is 1. The van der Waals surface area contributed by atoms with E-state index >= 15 is 0 Å². The van der Waals surface area contributed by atoms with E-state index in [-0.39, 0.29) is 17.6 Å². The molecule has 0 spiro atoms. The Balaban J connectivity index is 1.92. The van der Waals surface area contributed by atoms with Crippen LogP contribution in [-0.4, -0.2) is 39.0 Å². The van der Waals surface area contributed by atoms with Gasteiger partial charge in [-0.05, 0) is 6.42 Å². The van der Waals surface area contributed by atoms with Crippen molar-refractivity contribution in [3.63, 3.8) is 0 Å². The average molecular weight is 252 g/mol. The second-order valence-corrected chi connectivity index (χ2v) is 4.54. The van der Waals surface area contributed by atoms with Gasteiger partial charge in [0.05, 0.1) is 5.75 Å². The molecule has 2 rings (SSSR count). The van der Waals surface area contributed by atoms with Crippen molar-refractivity contribution in [1.29, 1.82) is 0 Å². The topological polar surface area (TPSA) is 89.2 Å². The Morgan fingerprint density at radius 2 is 2.24 bits per heavy atom. The molecule has 0 aliphatic carbocycles. The normalized spacial score (nSPS) is 15.3. The van der Waals surface area contributed by atoms with Gasteiger partial charge < -0.3 is 5.73 Å². The monoisotopic (exact) mass is 252 g/mol. The van der Waals surface area contributed by atoms with Crippen molar-refractivity contribution in [2.24, 2.45) is 0 Å². The first-order chi connectivity index (χ1) is 8.18. The van der Waals surface area contributed by atoms with Gasteiger partial charge in [-0.3, -0.25) is 14.5 Å². The van der Waals surface area contributed by atoms with Crippen LogP contribution in [0.25, 0.3) is 0 Å². The van der Waals surface area contributed by atoms with E-state index in [9.17, 15) is 9.59 Å². The first-order valence-electron chi connectivity index (χ1n) is 5.21. The molecule has 0 saturated carbocycles. The largest absolute Gasteiger partial charge is 0.381 e. The van der Waals surface area contributed by atoms with Gasteiger partial charge >= 0.3 is 0 Å². The number of nitrogen functional groups attached to an aromatic ring is 1. The lowest BCUT2D eigenvalue weighted by Crippen LogP contribution is -2.33. The molecule has 1 aliphatic heterocycles. The van der Waals surface area contributed by atoms with Gasteiger partial charge in [-0.1, -0.05) is 11.8 Å². The van der Waals surface area contributed by atoms with Gasteiger partial charge in [-0.25, -0.2) is 9.97 Å². The molecule has 1 saturated heterocycles. The molecule has 2 N–H and O–H groups in total. The molecule has 17 heavy (non-hydrogen) atoms. The molecule has 90 valence electrons. The average Bonchev–Trinajstić information content (AvgIpc) is 2.74. The van der Waals surface area contributed by atoms with Gasteiger partial charge in [-0.2, -0.15) is 0 Å². The Labute approximate surface area is 103 Å². The van der Waals surface area contributed by atoms with Crippen LogP contribution in [0.4, 0.5) is 5.82 Å². The molecule has 0 unspecified atom stereocenters. The Hall–Kier alpha value is -1.63. The van der Waals surface area contributed by atoms with E-state index in [1.54, 1.807) is 0 Å². The molecule has 0 radical (unpaired) electrons. The molecule has 6 nitrogen and oxygen atoms in total. The zero-order valence-electron chi connectivity index (χ0n) is 9.13. The Morgan fingerprint density at radius 1 is 1.47 bits per heavy atom. The third-order valence-electron chi connectivity index (χ3n) is 2.40. The van der Waals surface area contributed by atoms with E-state index in [1.165, 1.54) is 29.1 Å². The maximum atomic E-state index is 11.7. The van der Waals surface area contributed by atoms with Crippen LogP contribution >= 0.6 is 11.8 Å². The minimum Gasteiger partial charge on any atom is -0.381 e. The van der Waals surface area contributed by atoms with Crippen LogP contribution in [0.2, 0.25) is 0 Å². The standard InChI is InChI=1S/C10H12N4O2S/c11-9-10(13-4-3-12-9)17-6-8(16)14-5-1-2-7(14)15/h3-4H,1-2,5-6H2,(H2,11,12). The summed E-state index contributed by atoms with van der Waals surface area (Å²) in [5, 5.41) is 0.521. The predicted octanol–water partition coefficient (Wildman–Crippen LogP) is 0.300. The highest BCUT2D eigenvalue weighted by Crippen LogP contribution is 2.21. The first-order valence-corrected chi connectivity index (χ1v) is 6.19. The summed E-state index contributed by atoms with van der Waals surface area (Å²) in [6, 6.07) is 0. The third-order valence-corrected chi connectivity index (χ3v) is 3.38. The van der Waals surface area contributed by atoms with E-state index in [0.29, 0.717) is 23.8 Å². The predicted molar refractivity (Wildman–Crippen MR) is 63.1 cm³/mol. The number of carbonyl (C=O) groups is 2. The number of aromatic nitrogens is 2. The highest BCUT2D eigenvalue weighted by Gasteiger charge is 2.26. The number of thioether (sulfide) groups is 1. The van der Waals surface area contributed by atoms with Crippen LogP contribution in [0.1, 0.15) is 12.8 Å². The number of hydrogen-bond donors (Lipinski definition) is 1. The summed E-state index contributed by atoms with van der Waals surface area (Å²) in [6.07, 6.45) is 4.22. The Bertz CT molecular complexity index is 452. The van der Waals surface area contributed by atoms with Crippen molar-refractivity contribution in [3.05, 3.63) is 12.4 Å². The van der Waals surface area contributed by atoms with Crippen molar-refractivity contribution in [2.45, 2.75) is 17.9 Å². The lowest BCUT2D eigenvalue weighted by molar-refractivity contribution is -0.140. The van der Waals surface area contributed by atoms with E-state index < -0.39 is 0 Å². The Kier molecular flexibility index (Phi) is 3.58. The zero-order valence-corrected chi connectivity index (χ0v) is 9.94. The highest BCUT2D eigenvalue weighted by molar-refractivity contribution is 8.00. The molecular weight excluding hydrogens is 240 g/mol. The maximum absolute atomic E-state index is 11.7. The van der Waals surface area contributed by atoms with Crippen LogP contribution in [0, 0.1) is 0 Å². The fourth-order valence-corrected chi connectivity index (χ4v) is 2.32. The molecule has 2 heterocycles.